The largest absolute Gasteiger partial charge is 0.489 e. The maximum absolute atomic E-state index is 5.34. The summed E-state index contributed by atoms with van der Waals surface area (Å²) in [5.41, 5.74) is 1.08. The van der Waals surface area contributed by atoms with Gasteiger partial charge in [-0.15, -0.1) is 0 Å². The Morgan fingerprint density at radius 3 is 3.09 bits per heavy atom. The van der Waals surface area contributed by atoms with E-state index in [4.69, 9.17) is 4.74 Å². The summed E-state index contributed by atoms with van der Waals surface area (Å²) in [6, 6.07) is 7.94. The van der Waals surface area contributed by atoms with Crippen LogP contribution in [0.15, 0.2) is 24.3 Å². The lowest BCUT2D eigenvalue weighted by Gasteiger charge is -2.25. The fourth-order valence-electron chi connectivity index (χ4n) is 1.15. The Morgan fingerprint density at radius 2 is 2.27 bits per heavy atom. The third-order valence-electron chi connectivity index (χ3n) is 1.76. The van der Waals surface area contributed by atoms with Crippen molar-refractivity contribution in [3.63, 3.8) is 0 Å². The number of fused-ring (bicyclic) bond motifs is 1. The Hall–Kier alpha value is -1.18. The van der Waals surface area contributed by atoms with Crippen LogP contribution in [0.4, 0.5) is 5.69 Å². The molecule has 1 aromatic carbocycles. The lowest BCUT2D eigenvalue weighted by atomic mass is 10.2. The van der Waals surface area contributed by atoms with Gasteiger partial charge in [0.1, 0.15) is 18.9 Å². The molecule has 0 N–H and O–H groups in total. The van der Waals surface area contributed by atoms with Gasteiger partial charge in [0.2, 0.25) is 0 Å². The summed E-state index contributed by atoms with van der Waals surface area (Å²) < 4.78 is 5.34. The molecule has 2 heteroatoms. The topological polar surface area (TPSA) is 12.5 Å². The second-order valence-corrected chi connectivity index (χ2v) is 2.47. The van der Waals surface area contributed by atoms with Crippen LogP contribution < -0.4 is 9.64 Å². The number of likely N-dealkylation sites (N-methyl/N-ethyl adjacent to an activating group) is 1. The summed E-state index contributed by atoms with van der Waals surface area (Å²) in [5.74, 6) is 0.939. The van der Waals surface area contributed by atoms with Crippen LogP contribution >= 0.6 is 0 Å². The van der Waals surface area contributed by atoms with E-state index in [2.05, 4.69) is 6.54 Å². The minimum atomic E-state index is 0.549. The summed E-state index contributed by atoms with van der Waals surface area (Å²) >= 11 is 0. The fraction of sp³-hybridized carbons (Fsp3) is 0.222. The molecule has 1 aromatic rings. The molecule has 0 spiro atoms. The lowest BCUT2D eigenvalue weighted by Crippen LogP contribution is -2.23. The summed E-state index contributed by atoms with van der Waals surface area (Å²) in [5, 5.41) is 0. The molecule has 0 unspecified atom stereocenters. The Bertz CT molecular complexity index is 259. The van der Waals surface area contributed by atoms with Crippen molar-refractivity contribution in [1.29, 1.82) is 0 Å². The molecule has 1 aliphatic heterocycles. The molecule has 2 nitrogen and oxygen atoms in total. The van der Waals surface area contributed by atoms with Crippen LogP contribution in [0.1, 0.15) is 0 Å². The highest BCUT2D eigenvalue weighted by Crippen LogP contribution is 2.30. The molecule has 0 atom stereocenters. The standard InChI is InChI=1S/C9H9NO/c1-10-6-7-11-9-5-3-2-4-8(9)10/h2-5H,7H2,1H3. The Morgan fingerprint density at radius 1 is 1.45 bits per heavy atom. The number of nitrogens with zero attached hydrogens (tertiary/aromatic N) is 1. The van der Waals surface area contributed by atoms with Crippen LogP contribution in [-0.4, -0.2) is 13.7 Å². The van der Waals surface area contributed by atoms with Crippen LogP contribution in [0.25, 0.3) is 0 Å². The summed E-state index contributed by atoms with van der Waals surface area (Å²) in [4.78, 5) is 1.96. The number of ether oxygens (including phenoxy) is 1. The van der Waals surface area contributed by atoms with Crippen LogP contribution in [0.3, 0.4) is 0 Å². The van der Waals surface area contributed by atoms with Crippen molar-refractivity contribution in [2.75, 3.05) is 18.6 Å². The third kappa shape index (κ3) is 1.04. The minimum absolute atomic E-state index is 0.549. The molecule has 0 amide bonds. The molecule has 0 fully saturated rings. The maximum atomic E-state index is 5.34. The summed E-state index contributed by atoms with van der Waals surface area (Å²) in [6.45, 7) is 3.60. The highest BCUT2D eigenvalue weighted by atomic mass is 16.5. The Balaban J connectivity index is 2.44. The Labute approximate surface area is 66.4 Å². The molecule has 1 aliphatic rings. The maximum Gasteiger partial charge on any atom is 0.142 e. The van der Waals surface area contributed by atoms with Gasteiger partial charge in [-0.2, -0.15) is 0 Å². The normalized spacial score (nSPS) is 15.5. The molecule has 2 rings (SSSR count). The van der Waals surface area contributed by atoms with E-state index in [-0.39, 0.29) is 0 Å². The highest BCUT2D eigenvalue weighted by Gasteiger charge is 2.13. The monoisotopic (exact) mass is 147 g/mol. The van der Waals surface area contributed by atoms with Crippen LogP contribution in [0.2, 0.25) is 0 Å². The van der Waals surface area contributed by atoms with E-state index in [9.17, 15) is 0 Å². The molecule has 2 radical (unpaired) electrons. The zero-order chi connectivity index (χ0) is 7.68. The van der Waals surface area contributed by atoms with Crippen molar-refractivity contribution in [1.82, 2.24) is 0 Å². The Kier molecular flexibility index (Phi) is 1.46. The molecule has 11 heavy (non-hydrogen) atoms. The van der Waals surface area contributed by atoms with Crippen molar-refractivity contribution < 1.29 is 4.74 Å². The second-order valence-electron chi connectivity index (χ2n) is 2.47. The first-order chi connectivity index (χ1) is 5.38. The first-order valence-electron chi connectivity index (χ1n) is 3.57. The average Bonchev–Trinajstić information content (AvgIpc) is 2.06. The number of hydrogen-bond acceptors (Lipinski definition) is 2. The van der Waals surface area contributed by atoms with Crippen LogP contribution in [0.5, 0.6) is 5.75 Å². The fourth-order valence-corrected chi connectivity index (χ4v) is 1.15. The molecule has 0 aromatic heterocycles. The molecule has 1 heterocycles. The van der Waals surface area contributed by atoms with Crippen molar-refractivity contribution in [2.24, 2.45) is 0 Å². The highest BCUT2D eigenvalue weighted by molar-refractivity contribution is 5.60. The van der Waals surface area contributed by atoms with E-state index in [1.165, 1.54) is 0 Å². The number of anilines is 1. The SMILES string of the molecule is CN1[C]COc2ccccc21. The molecule has 0 saturated heterocycles. The summed E-state index contributed by atoms with van der Waals surface area (Å²) in [6.07, 6.45) is 0. The van der Waals surface area contributed by atoms with Gasteiger partial charge in [0.25, 0.3) is 0 Å². The molecule has 0 bridgehead atoms. The van der Waals surface area contributed by atoms with E-state index in [1.54, 1.807) is 0 Å². The van der Waals surface area contributed by atoms with Crippen molar-refractivity contribution >= 4 is 5.69 Å². The lowest BCUT2D eigenvalue weighted by molar-refractivity contribution is 0.334. The first kappa shape index (κ1) is 6.53. The van der Waals surface area contributed by atoms with Crippen LogP contribution in [-0.2, 0) is 0 Å². The quantitative estimate of drug-likeness (QED) is 0.552. The van der Waals surface area contributed by atoms with Gasteiger partial charge in [0, 0.05) is 7.05 Å². The third-order valence-corrected chi connectivity index (χ3v) is 1.76. The van der Waals surface area contributed by atoms with Gasteiger partial charge in [-0.3, -0.25) is 0 Å². The van der Waals surface area contributed by atoms with Gasteiger partial charge in [0.05, 0.1) is 5.69 Å². The van der Waals surface area contributed by atoms with E-state index >= 15 is 0 Å². The molecule has 0 saturated carbocycles. The van der Waals surface area contributed by atoms with Gasteiger partial charge in [-0.05, 0) is 12.1 Å². The first-order valence-corrected chi connectivity index (χ1v) is 3.57. The van der Waals surface area contributed by atoms with Crippen molar-refractivity contribution in [3.8, 4) is 5.75 Å². The smallest absolute Gasteiger partial charge is 0.142 e. The molecular weight excluding hydrogens is 138 g/mol. The molecular formula is C9H9NO. The van der Waals surface area contributed by atoms with Gasteiger partial charge in [0.15, 0.2) is 0 Å². The average molecular weight is 147 g/mol. The van der Waals surface area contributed by atoms with Crippen LogP contribution in [0, 0.1) is 6.54 Å². The van der Waals surface area contributed by atoms with Gasteiger partial charge >= 0.3 is 0 Å². The van der Waals surface area contributed by atoms with Gasteiger partial charge < -0.3 is 9.64 Å². The number of hydrogen-bond donors (Lipinski definition) is 0. The molecule has 0 aliphatic carbocycles. The predicted molar refractivity (Wildman–Crippen MR) is 43.6 cm³/mol. The van der Waals surface area contributed by atoms with Gasteiger partial charge in [-0.25, -0.2) is 0 Å². The van der Waals surface area contributed by atoms with Crippen molar-refractivity contribution in [2.45, 2.75) is 0 Å². The number of benzene rings is 1. The van der Waals surface area contributed by atoms with E-state index < -0.39 is 0 Å². The van der Waals surface area contributed by atoms with Gasteiger partial charge in [-0.1, -0.05) is 12.1 Å². The van der Waals surface area contributed by atoms with Crippen molar-refractivity contribution in [3.05, 3.63) is 30.8 Å². The zero-order valence-corrected chi connectivity index (χ0v) is 6.37. The number of rotatable bonds is 0. The van der Waals surface area contributed by atoms with E-state index in [0.717, 1.165) is 11.4 Å². The molecule has 56 valence electrons. The number of para-hydroxylation sites is 2. The van der Waals surface area contributed by atoms with E-state index in [0.29, 0.717) is 6.61 Å². The summed E-state index contributed by atoms with van der Waals surface area (Å²) in [7, 11) is 1.97. The zero-order valence-electron chi connectivity index (χ0n) is 6.37. The predicted octanol–water partition coefficient (Wildman–Crippen LogP) is 1.55. The second kappa shape index (κ2) is 2.46. The minimum Gasteiger partial charge on any atom is -0.489 e. The van der Waals surface area contributed by atoms with E-state index in [1.807, 2.05) is 36.2 Å².